The van der Waals surface area contributed by atoms with Crippen LogP contribution in [0.5, 0.6) is 11.5 Å². The van der Waals surface area contributed by atoms with Crippen LogP contribution in [0.4, 0.5) is 0 Å². The van der Waals surface area contributed by atoms with E-state index in [2.05, 4.69) is 120 Å². The smallest absolute Gasteiger partial charge is 0.269 e. The van der Waals surface area contributed by atoms with Gasteiger partial charge in [0, 0.05) is 42.0 Å². The molecular weight excluding hydrogens is 1120 g/mol. The third-order valence-corrected chi connectivity index (χ3v) is 19.5. The number of hydrogen-bond acceptors (Lipinski definition) is 3. The molecule has 0 saturated heterocycles. The highest BCUT2D eigenvalue weighted by atomic mass is 16.5. The number of benzene rings is 11. The maximum absolute atomic E-state index is 9.59. The molecule has 0 atom stereocenters. The number of imidazole rings is 1. The first-order valence-corrected chi connectivity index (χ1v) is 31.5. The molecule has 0 spiro atoms. The number of aromatic nitrogens is 4. The molecule has 11 aromatic carbocycles. The Kier molecular flexibility index (Phi) is 9.98. The van der Waals surface area contributed by atoms with Crippen molar-refractivity contribution in [2.45, 2.75) is 91.3 Å². The van der Waals surface area contributed by atoms with Gasteiger partial charge in [0.1, 0.15) is 28.5 Å². The summed E-state index contributed by atoms with van der Waals surface area (Å²) in [6.45, 7) is 10.2. The predicted molar refractivity (Wildman–Crippen MR) is 379 cm³/mol. The second kappa shape index (κ2) is 20.5. The highest BCUT2D eigenvalue weighted by Crippen LogP contribution is 2.54. The number of rotatable bonds is 7. The third-order valence-electron chi connectivity index (χ3n) is 19.5. The molecular formula is C86H70N4O2. The lowest BCUT2D eigenvalue weighted by atomic mass is 9.62. The SMILES string of the molecule is [2H]c1c([2H])c([2H])c(-c2cc3c4c(c2)n(-c2cccc(Oc5ccc6c7ccccc7n(-c7cc(C(C)(C)C)ccn7)c6c5)c2)[c-][n+]4-c2c(-c4ccc5oc6ccccc6c5c4)cc(-c4c(C([2H])([2H])[2H])cccc4C([2H])([2H])[2H])cc2-c2cc4c(cc2-c2ccccc2-3)C(C)(C)CCC4(C)C)c([2H])c1[2H]. The molecule has 0 saturated carbocycles. The Labute approximate surface area is 552 Å². The number of ether oxygens (including phenoxy) is 1. The van der Waals surface area contributed by atoms with E-state index in [1.807, 2.05) is 137 Å². The van der Waals surface area contributed by atoms with E-state index in [9.17, 15) is 2.74 Å². The molecule has 17 rings (SSSR count). The van der Waals surface area contributed by atoms with Crippen molar-refractivity contribution in [1.82, 2.24) is 14.1 Å². The van der Waals surface area contributed by atoms with Crippen LogP contribution >= 0.6 is 0 Å². The predicted octanol–water partition coefficient (Wildman–Crippen LogP) is 22.5. The first kappa shape index (κ1) is 44.8. The lowest BCUT2D eigenvalue weighted by Crippen LogP contribution is -2.34. The van der Waals surface area contributed by atoms with Crippen molar-refractivity contribution in [3.05, 3.63) is 271 Å². The molecule has 2 aliphatic rings. The minimum Gasteiger partial charge on any atom is -0.458 e. The van der Waals surface area contributed by atoms with Gasteiger partial charge >= 0.3 is 0 Å². The van der Waals surface area contributed by atoms with Gasteiger partial charge < -0.3 is 9.15 Å². The maximum Gasteiger partial charge on any atom is 0.269 e. The van der Waals surface area contributed by atoms with Gasteiger partial charge in [-0.15, -0.1) is 0 Å². The van der Waals surface area contributed by atoms with Crippen molar-refractivity contribution in [2.75, 3.05) is 0 Å². The summed E-state index contributed by atoms with van der Waals surface area (Å²) in [5.41, 5.74) is 14.6. The number of aryl methyl sites for hydroxylation is 2. The molecule has 0 bridgehead atoms. The van der Waals surface area contributed by atoms with Crippen molar-refractivity contribution < 1.29 is 28.8 Å². The molecule has 6 heteroatoms. The van der Waals surface area contributed by atoms with Crippen molar-refractivity contribution >= 4 is 54.8 Å². The van der Waals surface area contributed by atoms with Gasteiger partial charge in [-0.25, -0.2) is 4.98 Å². The summed E-state index contributed by atoms with van der Waals surface area (Å²) in [7, 11) is 0. The Morgan fingerprint density at radius 3 is 1.96 bits per heavy atom. The molecule has 6 nitrogen and oxygen atoms in total. The second-order valence-corrected chi connectivity index (χ2v) is 27.2. The van der Waals surface area contributed by atoms with E-state index < -0.39 is 31.8 Å². The number of furan rings is 1. The van der Waals surface area contributed by atoms with Crippen LogP contribution in [0.3, 0.4) is 0 Å². The minimum absolute atomic E-state index is 0.00818. The fourth-order valence-corrected chi connectivity index (χ4v) is 14.6. The Morgan fingerprint density at radius 1 is 0.522 bits per heavy atom. The normalized spacial score (nSPS) is 16.0. The largest absolute Gasteiger partial charge is 0.458 e. The second-order valence-electron chi connectivity index (χ2n) is 27.2. The lowest BCUT2D eigenvalue weighted by molar-refractivity contribution is -0.570. The van der Waals surface area contributed by atoms with E-state index in [-0.39, 0.29) is 50.6 Å². The maximum atomic E-state index is 9.59. The van der Waals surface area contributed by atoms with Gasteiger partial charge in [0.2, 0.25) is 0 Å². The van der Waals surface area contributed by atoms with Gasteiger partial charge in [-0.05, 0) is 228 Å². The van der Waals surface area contributed by atoms with Gasteiger partial charge in [-0.3, -0.25) is 13.7 Å². The first-order valence-electron chi connectivity index (χ1n) is 37.0. The number of hydrogen-bond donors (Lipinski definition) is 0. The zero-order chi connectivity index (χ0) is 71.9. The van der Waals surface area contributed by atoms with Crippen LogP contribution in [0.1, 0.15) is 104 Å². The van der Waals surface area contributed by atoms with Crippen molar-refractivity contribution in [3.63, 3.8) is 0 Å². The van der Waals surface area contributed by atoms with Crippen LogP contribution in [-0.4, -0.2) is 14.1 Å². The zero-order valence-corrected chi connectivity index (χ0v) is 52.1. The van der Waals surface area contributed by atoms with Gasteiger partial charge in [0.25, 0.3) is 6.33 Å². The van der Waals surface area contributed by atoms with Crippen LogP contribution in [0.15, 0.2) is 241 Å². The molecule has 5 heterocycles. The number of para-hydroxylation sites is 2. The van der Waals surface area contributed by atoms with Gasteiger partial charge in [-0.2, -0.15) is 0 Å². The van der Waals surface area contributed by atoms with Crippen LogP contribution in [-0.2, 0) is 16.2 Å². The Morgan fingerprint density at radius 2 is 1.18 bits per heavy atom. The molecule has 15 aromatic rings. The molecule has 446 valence electrons. The quantitative estimate of drug-likeness (QED) is 0.118. The molecule has 4 aromatic heterocycles. The Balaban J connectivity index is 1.01. The van der Waals surface area contributed by atoms with E-state index in [0.717, 1.165) is 84.6 Å². The zero-order valence-electron chi connectivity index (χ0n) is 63.1. The molecule has 1 aliphatic carbocycles. The lowest BCUT2D eigenvalue weighted by Gasteiger charge is -2.42. The molecule has 0 N–H and O–H groups in total. The van der Waals surface area contributed by atoms with Gasteiger partial charge in [0.05, 0.1) is 40.3 Å². The van der Waals surface area contributed by atoms with Gasteiger partial charge in [-0.1, -0.05) is 182 Å². The number of nitrogens with zero attached hydrogens (tertiary/aromatic N) is 4. The van der Waals surface area contributed by atoms with Crippen LogP contribution in [0, 0.1) is 20.0 Å². The summed E-state index contributed by atoms with van der Waals surface area (Å²) in [5, 5.41) is 3.78. The molecule has 0 radical (unpaired) electrons. The van der Waals surface area contributed by atoms with Crippen LogP contribution in [0.2, 0.25) is 0 Å². The Hall–Kier alpha value is -10.6. The summed E-state index contributed by atoms with van der Waals surface area (Å²) >= 11 is 0. The summed E-state index contributed by atoms with van der Waals surface area (Å²) in [5.74, 6) is 1.82. The van der Waals surface area contributed by atoms with Crippen LogP contribution < -0.4 is 9.30 Å². The standard InChI is InChI=1S/C86H70N4O2/c1-52-21-19-22-53(2)81(52)57-43-67(55-33-36-79-70(41-55)66-30-16-18-32-78(66)92-79)82-72(44-57)69-50-74-73(85(6,7)38-39-86(74,8)9)49-68(69)62-27-13-14-28-63(62)71-42-56(54-23-11-10-12-24-54)45-77-83(71)89(82)51-88(77)59-25-20-26-60(47-59)91-61-34-35-65-64-29-15-17-31-75(64)90(76(65)48-61)80-46-58(37-40-87-80)84(3,4)5/h10-37,40-50H,38-39H2,1-9H3/i1D3,2D3,10D,11D,12D,23D,24D. The molecule has 0 fully saturated rings. The van der Waals surface area contributed by atoms with Crippen molar-refractivity contribution in [3.8, 4) is 95.5 Å². The summed E-state index contributed by atoms with van der Waals surface area (Å²) in [4.78, 5) is 4.94. The summed E-state index contributed by atoms with van der Waals surface area (Å²) in [6.07, 6.45) is 7.59. The third kappa shape index (κ3) is 8.82. The average Bonchev–Trinajstić information content (AvgIpc) is 1.63. The Bertz CT molecular complexity index is 6080. The average molecular weight is 1200 g/mol. The highest BCUT2D eigenvalue weighted by molar-refractivity contribution is 6.11. The van der Waals surface area contributed by atoms with Crippen LogP contribution in [0.25, 0.3) is 139 Å². The summed E-state index contributed by atoms with van der Waals surface area (Å²) in [6, 6.07) is 62.9. The van der Waals surface area contributed by atoms with E-state index in [4.69, 9.17) is 26.5 Å². The number of fused-ring (bicyclic) bond motifs is 14. The monoisotopic (exact) mass is 1200 g/mol. The minimum atomic E-state index is -2.76. The fraction of sp³-hybridized carbons (Fsp3) is 0.163. The van der Waals surface area contributed by atoms with Crippen molar-refractivity contribution in [2.24, 2.45) is 0 Å². The van der Waals surface area contributed by atoms with E-state index >= 15 is 0 Å². The molecule has 1 aliphatic heterocycles. The van der Waals surface area contributed by atoms with E-state index in [1.165, 1.54) is 23.8 Å². The fourth-order valence-electron chi connectivity index (χ4n) is 14.6. The molecule has 0 amide bonds. The first-order chi connectivity index (χ1) is 49.0. The molecule has 0 unspecified atom stereocenters. The molecule has 92 heavy (non-hydrogen) atoms. The van der Waals surface area contributed by atoms with E-state index in [0.29, 0.717) is 78.5 Å². The van der Waals surface area contributed by atoms with Crippen molar-refractivity contribution in [1.29, 1.82) is 0 Å². The highest BCUT2D eigenvalue weighted by Gasteiger charge is 2.39. The van der Waals surface area contributed by atoms with E-state index in [1.54, 1.807) is 0 Å². The number of pyridine rings is 1. The van der Waals surface area contributed by atoms with Gasteiger partial charge in [0.15, 0.2) is 0 Å². The summed E-state index contributed by atoms with van der Waals surface area (Å²) < 4.78 is 121. The topological polar surface area (TPSA) is 49.0 Å².